The monoisotopic (exact) mass is 535 g/mol. The number of aromatic nitrogens is 1. The van der Waals surface area contributed by atoms with Crippen LogP contribution < -0.4 is 26.2 Å². The van der Waals surface area contributed by atoms with Gasteiger partial charge >= 0.3 is 0 Å². The van der Waals surface area contributed by atoms with Gasteiger partial charge in [-0.05, 0) is 56.5 Å². The van der Waals surface area contributed by atoms with E-state index in [1.54, 1.807) is 43.1 Å². The number of hydrogen-bond acceptors (Lipinski definition) is 6. The molecule has 0 saturated heterocycles. The Morgan fingerprint density at radius 1 is 1.21 bits per heavy atom. The van der Waals surface area contributed by atoms with Gasteiger partial charge in [0.1, 0.15) is 22.9 Å². The van der Waals surface area contributed by atoms with Crippen molar-refractivity contribution in [3.8, 4) is 5.75 Å². The minimum Gasteiger partial charge on any atom is -0.484 e. The van der Waals surface area contributed by atoms with Gasteiger partial charge in [0.15, 0.2) is 6.61 Å². The third-order valence-corrected chi connectivity index (χ3v) is 6.62. The molecule has 11 heteroatoms. The Morgan fingerprint density at radius 2 is 1.92 bits per heavy atom. The fraction of sp³-hybridized carbons (Fsp3) is 0.286. The summed E-state index contributed by atoms with van der Waals surface area (Å²) < 4.78 is 21.5. The van der Waals surface area contributed by atoms with Crippen molar-refractivity contribution >= 4 is 41.1 Å². The molecule has 2 aromatic carbocycles. The van der Waals surface area contributed by atoms with Crippen molar-refractivity contribution in [1.29, 1.82) is 0 Å². The van der Waals surface area contributed by atoms with Crippen LogP contribution in [0.15, 0.2) is 47.3 Å². The number of hydrogen-bond donors (Lipinski definition) is 2. The van der Waals surface area contributed by atoms with E-state index in [2.05, 4.69) is 5.32 Å². The highest BCUT2D eigenvalue weighted by Crippen LogP contribution is 2.38. The first-order valence-corrected chi connectivity index (χ1v) is 12.3. The molecule has 3 amide bonds. The first kappa shape index (κ1) is 27.4. The van der Waals surface area contributed by atoms with Crippen LogP contribution in [-0.2, 0) is 16.6 Å². The minimum atomic E-state index is -0.676. The predicted molar refractivity (Wildman–Crippen MR) is 145 cm³/mol. The average Bonchev–Trinajstić information content (AvgIpc) is 3.75. The molecular weight excluding hydrogens is 505 g/mol. The smallest absolute Gasteiger partial charge is 0.259 e. The summed E-state index contributed by atoms with van der Waals surface area (Å²) in [5, 5.41) is 2.94. The number of primary amides is 1. The Balaban J connectivity index is 1.94. The quantitative estimate of drug-likeness (QED) is 0.384. The molecule has 0 radical (unpaired) electrons. The molecule has 0 aliphatic heterocycles. The molecule has 1 fully saturated rings. The summed E-state index contributed by atoms with van der Waals surface area (Å²) >= 11 is 0. The van der Waals surface area contributed by atoms with Crippen LogP contribution in [-0.4, -0.2) is 47.4 Å². The van der Waals surface area contributed by atoms with Gasteiger partial charge in [-0.2, -0.15) is 0 Å². The lowest BCUT2D eigenvalue weighted by molar-refractivity contribution is -0.120. The fourth-order valence-electron chi connectivity index (χ4n) is 4.35. The molecule has 0 unspecified atom stereocenters. The number of aryl methyl sites for hydroxylation is 1. The van der Waals surface area contributed by atoms with E-state index in [-0.39, 0.29) is 52.4 Å². The molecule has 1 aromatic heterocycles. The second-order valence-electron chi connectivity index (χ2n) is 9.54. The summed E-state index contributed by atoms with van der Waals surface area (Å²) in [6.07, 6.45) is 2.14. The van der Waals surface area contributed by atoms with E-state index in [9.17, 15) is 23.6 Å². The second-order valence-corrected chi connectivity index (χ2v) is 9.54. The van der Waals surface area contributed by atoms with Crippen LogP contribution in [0.5, 0.6) is 5.75 Å². The number of amides is 3. The molecule has 3 aromatic rings. The predicted octanol–water partition coefficient (Wildman–Crippen LogP) is 3.28. The maximum atomic E-state index is 14.9. The van der Waals surface area contributed by atoms with E-state index in [0.29, 0.717) is 12.0 Å². The molecule has 4 rings (SSSR count). The summed E-state index contributed by atoms with van der Waals surface area (Å²) in [5.74, 6) is -1.39. The first-order valence-electron chi connectivity index (χ1n) is 12.3. The van der Waals surface area contributed by atoms with Crippen molar-refractivity contribution < 1.29 is 23.5 Å². The van der Waals surface area contributed by atoms with E-state index >= 15 is 0 Å². The molecule has 39 heavy (non-hydrogen) atoms. The molecule has 204 valence electrons. The normalized spacial score (nSPS) is 12.5. The number of anilines is 4. The molecule has 10 nitrogen and oxygen atoms in total. The van der Waals surface area contributed by atoms with Crippen molar-refractivity contribution in [3.63, 3.8) is 0 Å². The van der Waals surface area contributed by atoms with Gasteiger partial charge in [-0.25, -0.2) is 4.39 Å². The average molecular weight is 536 g/mol. The number of halogens is 1. The van der Waals surface area contributed by atoms with Gasteiger partial charge in [0, 0.05) is 31.8 Å². The maximum absolute atomic E-state index is 14.9. The summed E-state index contributed by atoms with van der Waals surface area (Å²) in [5.41, 5.74) is 5.94. The second kappa shape index (κ2) is 11.0. The zero-order valence-electron chi connectivity index (χ0n) is 22.2. The summed E-state index contributed by atoms with van der Waals surface area (Å²) in [4.78, 5) is 53.9. The van der Waals surface area contributed by atoms with Gasteiger partial charge in [-0.1, -0.05) is 12.1 Å². The van der Waals surface area contributed by atoms with E-state index in [1.165, 1.54) is 41.6 Å². The van der Waals surface area contributed by atoms with Crippen LogP contribution in [0.3, 0.4) is 0 Å². The van der Waals surface area contributed by atoms with Crippen LogP contribution in [0.25, 0.3) is 0 Å². The molecule has 1 aliphatic rings. The van der Waals surface area contributed by atoms with Gasteiger partial charge < -0.3 is 20.7 Å². The molecule has 3 N–H and O–H groups in total. The zero-order chi connectivity index (χ0) is 28.4. The topological polar surface area (TPSA) is 127 Å². The molecule has 0 bridgehead atoms. The number of benzene rings is 2. The van der Waals surface area contributed by atoms with Crippen molar-refractivity contribution in [2.24, 2.45) is 12.8 Å². The summed E-state index contributed by atoms with van der Waals surface area (Å²) in [7, 11) is 3.13. The Kier molecular flexibility index (Phi) is 7.70. The highest BCUT2D eigenvalue weighted by atomic mass is 19.1. The van der Waals surface area contributed by atoms with Crippen molar-refractivity contribution in [1.82, 2.24) is 9.47 Å². The lowest BCUT2D eigenvalue weighted by atomic mass is 10.1. The van der Waals surface area contributed by atoms with Gasteiger partial charge in [-0.15, -0.1) is 0 Å². The first-order chi connectivity index (χ1) is 18.5. The van der Waals surface area contributed by atoms with Gasteiger partial charge in [0.2, 0.25) is 6.41 Å². The Bertz CT molecular complexity index is 1510. The zero-order valence-corrected chi connectivity index (χ0v) is 22.2. The third-order valence-electron chi connectivity index (χ3n) is 6.62. The number of nitrogens with one attached hydrogen (secondary N) is 1. The summed E-state index contributed by atoms with van der Waals surface area (Å²) in [6, 6.07) is 10.8. The lowest BCUT2D eigenvalue weighted by Gasteiger charge is -2.28. The molecular formula is C28H30FN5O5. The van der Waals surface area contributed by atoms with Gasteiger partial charge in [0.05, 0.1) is 17.1 Å². The van der Waals surface area contributed by atoms with E-state index in [0.717, 1.165) is 12.8 Å². The van der Waals surface area contributed by atoms with Crippen LogP contribution in [0.1, 0.15) is 34.3 Å². The minimum absolute atomic E-state index is 0.0158. The Morgan fingerprint density at radius 3 is 2.54 bits per heavy atom. The van der Waals surface area contributed by atoms with Crippen LogP contribution in [0, 0.1) is 19.7 Å². The van der Waals surface area contributed by atoms with E-state index in [1.807, 2.05) is 0 Å². The Labute approximate surface area is 224 Å². The number of rotatable bonds is 10. The van der Waals surface area contributed by atoms with Crippen LogP contribution in [0.4, 0.5) is 27.3 Å². The fourth-order valence-corrected chi connectivity index (χ4v) is 4.35. The largest absolute Gasteiger partial charge is 0.484 e. The van der Waals surface area contributed by atoms with Crippen molar-refractivity contribution in [2.75, 3.05) is 23.9 Å². The molecule has 1 aliphatic carbocycles. The van der Waals surface area contributed by atoms with Gasteiger partial charge in [-0.3, -0.25) is 28.6 Å². The number of carbonyl (C=O) groups is 3. The Hall–Kier alpha value is -4.67. The standard InChI is InChI=1S/C28H30FN5O5/c1-16-8-11-22(21(29)12-16)31-26-24(28(38)32(3)18-9-10-18)25(17(2)27(37)33(26)4)34(15-35)19-6-5-7-20(13-19)39-14-23(30)36/h5-8,11-13,15,18,31H,9-10,14H2,1-4H3,(H2,30,36). The highest BCUT2D eigenvalue weighted by Gasteiger charge is 2.35. The number of pyridine rings is 1. The number of carbonyl (C=O) groups excluding carboxylic acids is 3. The van der Waals surface area contributed by atoms with Crippen molar-refractivity contribution in [3.05, 3.63) is 75.3 Å². The third kappa shape index (κ3) is 5.62. The lowest BCUT2D eigenvalue weighted by Crippen LogP contribution is -2.35. The van der Waals surface area contributed by atoms with Crippen molar-refractivity contribution in [2.45, 2.75) is 32.7 Å². The SMILES string of the molecule is Cc1ccc(Nc2c(C(=O)N(C)C3CC3)c(N(C=O)c3cccc(OCC(N)=O)c3)c(C)c(=O)n2C)c(F)c1. The number of nitrogens with two attached hydrogens (primary N) is 1. The van der Waals surface area contributed by atoms with Gasteiger partial charge in [0.25, 0.3) is 17.4 Å². The molecule has 1 saturated carbocycles. The maximum Gasteiger partial charge on any atom is 0.259 e. The van der Waals surface area contributed by atoms with Crippen LogP contribution >= 0.6 is 0 Å². The summed E-state index contributed by atoms with van der Waals surface area (Å²) in [6.45, 7) is 2.89. The van der Waals surface area contributed by atoms with E-state index in [4.69, 9.17) is 10.5 Å². The molecule has 0 atom stereocenters. The van der Waals surface area contributed by atoms with E-state index < -0.39 is 23.2 Å². The number of ether oxygens (including phenoxy) is 1. The molecule has 1 heterocycles. The van der Waals surface area contributed by atoms with Crippen LogP contribution in [0.2, 0.25) is 0 Å². The number of nitrogens with zero attached hydrogens (tertiary/aromatic N) is 3. The highest BCUT2D eigenvalue weighted by molar-refractivity contribution is 6.09. The molecule has 0 spiro atoms.